The third-order valence-corrected chi connectivity index (χ3v) is 6.70. The summed E-state index contributed by atoms with van der Waals surface area (Å²) in [6, 6.07) is 20.1. The number of benzene rings is 3. The molecule has 0 aliphatic rings. The molecule has 5 rings (SSSR count). The van der Waals surface area contributed by atoms with Crippen molar-refractivity contribution in [3.8, 4) is 5.69 Å². The van der Waals surface area contributed by atoms with Crippen LogP contribution >= 0.6 is 0 Å². The highest BCUT2D eigenvalue weighted by molar-refractivity contribution is 5.89. The number of esters is 1. The molecule has 0 saturated carbocycles. The van der Waals surface area contributed by atoms with Gasteiger partial charge in [0.15, 0.2) is 11.2 Å². The molecule has 0 radical (unpaired) electrons. The van der Waals surface area contributed by atoms with Crippen molar-refractivity contribution in [2.75, 3.05) is 7.11 Å². The van der Waals surface area contributed by atoms with E-state index in [1.807, 2.05) is 24.3 Å². The molecule has 9 heteroatoms. The van der Waals surface area contributed by atoms with Crippen LogP contribution in [-0.2, 0) is 17.8 Å². The SMILES string of the molecule is COC(=O)c1ccc(Cn2cnc3c2c(=O)n(Cc2ccc(F)cc2)c(=O)n3-c2ccc(C(C)C)cc2)cc1. The Hall–Kier alpha value is -4.79. The molecule has 0 unspecified atom stereocenters. The highest BCUT2D eigenvalue weighted by Crippen LogP contribution is 2.19. The molecule has 0 amide bonds. The van der Waals surface area contributed by atoms with Gasteiger partial charge in [-0.25, -0.2) is 23.5 Å². The van der Waals surface area contributed by atoms with Crippen LogP contribution in [0.2, 0.25) is 0 Å². The fourth-order valence-electron chi connectivity index (χ4n) is 4.51. The largest absolute Gasteiger partial charge is 0.465 e. The van der Waals surface area contributed by atoms with Gasteiger partial charge in [-0.05, 0) is 59.0 Å². The van der Waals surface area contributed by atoms with E-state index in [1.54, 1.807) is 41.0 Å². The van der Waals surface area contributed by atoms with Crippen molar-refractivity contribution in [2.45, 2.75) is 32.9 Å². The first-order valence-electron chi connectivity index (χ1n) is 12.5. The van der Waals surface area contributed by atoms with Crippen LogP contribution in [0, 0.1) is 5.82 Å². The van der Waals surface area contributed by atoms with E-state index in [0.717, 1.165) is 15.7 Å². The molecule has 3 aromatic carbocycles. The van der Waals surface area contributed by atoms with E-state index in [0.29, 0.717) is 22.7 Å². The second kappa shape index (κ2) is 10.5. The number of methoxy groups -OCH3 is 1. The first kappa shape index (κ1) is 25.8. The Morgan fingerprint density at radius 1 is 0.897 bits per heavy atom. The molecule has 39 heavy (non-hydrogen) atoms. The van der Waals surface area contributed by atoms with Gasteiger partial charge in [0.25, 0.3) is 5.56 Å². The van der Waals surface area contributed by atoms with Crippen molar-refractivity contribution in [3.05, 3.63) is 128 Å². The third-order valence-electron chi connectivity index (χ3n) is 6.70. The fraction of sp³-hybridized carbons (Fsp3) is 0.200. The second-order valence-electron chi connectivity index (χ2n) is 9.62. The zero-order valence-corrected chi connectivity index (χ0v) is 21.8. The molecule has 2 heterocycles. The molecule has 5 aromatic rings. The molecule has 0 aliphatic heterocycles. The maximum Gasteiger partial charge on any atom is 0.337 e. The Labute approximate surface area is 223 Å². The maximum absolute atomic E-state index is 13.8. The van der Waals surface area contributed by atoms with Crippen LogP contribution in [0.4, 0.5) is 4.39 Å². The van der Waals surface area contributed by atoms with Gasteiger partial charge in [-0.15, -0.1) is 0 Å². The molecule has 0 saturated heterocycles. The standard InChI is InChI=1S/C30H27FN4O4/c1-19(2)22-10-14-25(15-11-22)35-27-26(28(36)34(30(35)38)17-21-6-12-24(31)13-7-21)33(18-32-27)16-20-4-8-23(9-5-20)29(37)39-3/h4-15,18-19H,16-17H2,1-3H3. The van der Waals surface area contributed by atoms with Crippen molar-refractivity contribution in [1.82, 2.24) is 18.7 Å². The number of ether oxygens (including phenoxy) is 1. The van der Waals surface area contributed by atoms with E-state index in [-0.39, 0.29) is 24.3 Å². The van der Waals surface area contributed by atoms with E-state index in [2.05, 4.69) is 18.8 Å². The molecule has 0 aliphatic carbocycles. The lowest BCUT2D eigenvalue weighted by Crippen LogP contribution is -2.40. The number of halogens is 1. The summed E-state index contributed by atoms with van der Waals surface area (Å²) in [5, 5.41) is 0. The van der Waals surface area contributed by atoms with Gasteiger partial charge in [-0.2, -0.15) is 0 Å². The van der Waals surface area contributed by atoms with E-state index in [4.69, 9.17) is 4.74 Å². The molecule has 0 N–H and O–H groups in total. The predicted octanol–water partition coefficient (Wildman–Crippen LogP) is 4.49. The Morgan fingerprint density at radius 3 is 2.13 bits per heavy atom. The fourth-order valence-corrected chi connectivity index (χ4v) is 4.51. The lowest BCUT2D eigenvalue weighted by molar-refractivity contribution is 0.0600. The van der Waals surface area contributed by atoms with Crippen molar-refractivity contribution >= 4 is 17.1 Å². The Bertz CT molecular complexity index is 1760. The lowest BCUT2D eigenvalue weighted by Gasteiger charge is -2.14. The Balaban J connectivity index is 1.66. The summed E-state index contributed by atoms with van der Waals surface area (Å²) >= 11 is 0. The first-order valence-corrected chi connectivity index (χ1v) is 12.5. The molecular weight excluding hydrogens is 499 g/mol. The van der Waals surface area contributed by atoms with Crippen LogP contribution in [0.25, 0.3) is 16.9 Å². The van der Waals surface area contributed by atoms with Gasteiger partial charge in [-0.3, -0.25) is 9.36 Å². The number of nitrogens with zero attached hydrogens (tertiary/aromatic N) is 4. The number of carbonyl (C=O) groups is 1. The molecule has 0 atom stereocenters. The van der Waals surface area contributed by atoms with Crippen molar-refractivity contribution in [2.24, 2.45) is 0 Å². The summed E-state index contributed by atoms with van der Waals surface area (Å²) in [6.07, 6.45) is 1.53. The van der Waals surface area contributed by atoms with E-state index >= 15 is 0 Å². The molecular formula is C30H27FN4O4. The van der Waals surface area contributed by atoms with Gasteiger partial charge in [-0.1, -0.05) is 50.2 Å². The smallest absolute Gasteiger partial charge is 0.337 e. The summed E-state index contributed by atoms with van der Waals surface area (Å²) in [6.45, 7) is 4.43. The van der Waals surface area contributed by atoms with Crippen LogP contribution in [0.15, 0.2) is 88.7 Å². The zero-order chi connectivity index (χ0) is 27.7. The molecule has 2 aromatic heterocycles. The number of carbonyl (C=O) groups excluding carboxylic acids is 1. The average Bonchev–Trinajstić information content (AvgIpc) is 3.35. The highest BCUT2D eigenvalue weighted by atomic mass is 19.1. The molecule has 0 spiro atoms. The van der Waals surface area contributed by atoms with E-state index < -0.39 is 23.0 Å². The summed E-state index contributed by atoms with van der Waals surface area (Å²) in [4.78, 5) is 43.8. The van der Waals surface area contributed by atoms with Crippen molar-refractivity contribution in [3.63, 3.8) is 0 Å². The van der Waals surface area contributed by atoms with E-state index in [9.17, 15) is 18.8 Å². The minimum atomic E-state index is -0.540. The van der Waals surface area contributed by atoms with Gasteiger partial charge in [0.05, 0.1) is 31.2 Å². The van der Waals surface area contributed by atoms with Crippen LogP contribution in [0.3, 0.4) is 0 Å². The third kappa shape index (κ3) is 5.03. The van der Waals surface area contributed by atoms with Crippen LogP contribution in [0.5, 0.6) is 0 Å². The number of imidazole rings is 1. The van der Waals surface area contributed by atoms with Crippen LogP contribution < -0.4 is 11.2 Å². The van der Waals surface area contributed by atoms with Gasteiger partial charge < -0.3 is 9.30 Å². The topological polar surface area (TPSA) is 88.1 Å². The monoisotopic (exact) mass is 526 g/mol. The number of aromatic nitrogens is 4. The molecule has 0 bridgehead atoms. The van der Waals surface area contributed by atoms with Crippen molar-refractivity contribution < 1.29 is 13.9 Å². The summed E-state index contributed by atoms with van der Waals surface area (Å²) in [5.41, 5.74) is 2.99. The van der Waals surface area contributed by atoms with E-state index in [1.165, 1.54) is 30.1 Å². The minimum Gasteiger partial charge on any atom is -0.465 e. The number of hydrogen-bond acceptors (Lipinski definition) is 5. The Kier molecular flexibility index (Phi) is 6.98. The van der Waals surface area contributed by atoms with Crippen molar-refractivity contribution in [1.29, 1.82) is 0 Å². The number of rotatable bonds is 7. The van der Waals surface area contributed by atoms with Crippen LogP contribution in [-0.4, -0.2) is 31.8 Å². The summed E-state index contributed by atoms with van der Waals surface area (Å²) in [7, 11) is 1.32. The van der Waals surface area contributed by atoms with Gasteiger partial charge in [0.2, 0.25) is 0 Å². The molecule has 8 nitrogen and oxygen atoms in total. The second-order valence-corrected chi connectivity index (χ2v) is 9.62. The van der Waals surface area contributed by atoms with Gasteiger partial charge in [0.1, 0.15) is 5.82 Å². The number of fused-ring (bicyclic) bond motifs is 1. The molecule has 0 fully saturated rings. The van der Waals surface area contributed by atoms with Crippen LogP contribution in [0.1, 0.15) is 46.8 Å². The average molecular weight is 527 g/mol. The Morgan fingerprint density at radius 2 is 1.51 bits per heavy atom. The minimum absolute atomic E-state index is 0.0308. The lowest BCUT2D eigenvalue weighted by atomic mass is 10.0. The normalized spacial score (nSPS) is 11.3. The predicted molar refractivity (Wildman–Crippen MR) is 146 cm³/mol. The summed E-state index contributed by atoms with van der Waals surface area (Å²) in [5.74, 6) is -0.528. The maximum atomic E-state index is 13.8. The van der Waals surface area contributed by atoms with Gasteiger partial charge >= 0.3 is 11.7 Å². The zero-order valence-electron chi connectivity index (χ0n) is 21.8. The highest BCUT2D eigenvalue weighted by Gasteiger charge is 2.20. The summed E-state index contributed by atoms with van der Waals surface area (Å²) < 4.78 is 22.5. The quantitative estimate of drug-likeness (QED) is 0.292. The van der Waals surface area contributed by atoms with Gasteiger partial charge in [0, 0.05) is 6.54 Å². The molecule has 198 valence electrons. The number of hydrogen-bond donors (Lipinski definition) is 0. The first-order chi connectivity index (χ1) is 18.8.